The second kappa shape index (κ2) is 5.66. The third-order valence-electron chi connectivity index (χ3n) is 3.94. The van der Waals surface area contributed by atoms with Gasteiger partial charge in [-0.25, -0.2) is 4.79 Å². The molecule has 0 aromatic heterocycles. The molecule has 1 saturated carbocycles. The molecule has 1 aliphatic carbocycles. The molecular formula is C13H25ClN2O2. The fourth-order valence-corrected chi connectivity index (χ4v) is 3.12. The summed E-state index contributed by atoms with van der Waals surface area (Å²) in [6, 6.07) is 0. The highest BCUT2D eigenvalue weighted by Crippen LogP contribution is 2.45. The summed E-state index contributed by atoms with van der Waals surface area (Å²) in [7, 11) is 0. The predicted molar refractivity (Wildman–Crippen MR) is 74.1 cm³/mol. The van der Waals surface area contributed by atoms with Crippen LogP contribution in [-0.2, 0) is 4.74 Å². The summed E-state index contributed by atoms with van der Waals surface area (Å²) in [5.74, 6) is 0.734. The SMILES string of the molecule is CC(C)(C)OC(=O)NC[C@@]12CCC[C@@H]1CNC2.Cl. The first-order valence-corrected chi connectivity index (χ1v) is 6.59. The number of carbonyl (C=O) groups excluding carboxylic acids is 1. The zero-order valence-corrected chi connectivity index (χ0v) is 12.4. The molecule has 2 aliphatic rings. The largest absolute Gasteiger partial charge is 0.444 e. The average Bonchev–Trinajstić information content (AvgIpc) is 2.69. The molecule has 2 rings (SSSR count). The lowest BCUT2D eigenvalue weighted by Crippen LogP contribution is -2.42. The molecule has 1 heterocycles. The van der Waals surface area contributed by atoms with Crippen molar-refractivity contribution in [3.05, 3.63) is 0 Å². The van der Waals surface area contributed by atoms with Crippen LogP contribution < -0.4 is 10.6 Å². The van der Waals surface area contributed by atoms with Gasteiger partial charge in [0.1, 0.15) is 5.60 Å². The minimum atomic E-state index is -0.412. The molecule has 18 heavy (non-hydrogen) atoms. The topological polar surface area (TPSA) is 50.4 Å². The number of carbonyl (C=O) groups is 1. The molecule has 0 aromatic rings. The van der Waals surface area contributed by atoms with Gasteiger partial charge in [-0.2, -0.15) is 0 Å². The monoisotopic (exact) mass is 276 g/mol. The number of fused-ring (bicyclic) bond motifs is 1. The van der Waals surface area contributed by atoms with Gasteiger partial charge in [0, 0.05) is 18.5 Å². The maximum absolute atomic E-state index is 11.6. The number of rotatable bonds is 2. The van der Waals surface area contributed by atoms with Crippen LogP contribution in [0.2, 0.25) is 0 Å². The second-order valence-electron chi connectivity index (χ2n) is 6.44. The van der Waals surface area contributed by atoms with Crippen LogP contribution >= 0.6 is 12.4 Å². The van der Waals surface area contributed by atoms with Crippen molar-refractivity contribution in [2.24, 2.45) is 11.3 Å². The van der Waals surface area contributed by atoms with Crippen molar-refractivity contribution in [2.75, 3.05) is 19.6 Å². The molecule has 0 spiro atoms. The van der Waals surface area contributed by atoms with E-state index in [9.17, 15) is 4.79 Å². The van der Waals surface area contributed by atoms with Crippen LogP contribution in [0.25, 0.3) is 0 Å². The normalized spacial score (nSPS) is 30.5. The molecule has 2 fully saturated rings. The van der Waals surface area contributed by atoms with Gasteiger partial charge in [0.2, 0.25) is 0 Å². The van der Waals surface area contributed by atoms with E-state index in [1.807, 2.05) is 20.8 Å². The molecule has 2 atom stereocenters. The summed E-state index contributed by atoms with van der Waals surface area (Å²) in [4.78, 5) is 11.6. The van der Waals surface area contributed by atoms with Crippen molar-refractivity contribution < 1.29 is 9.53 Å². The molecule has 0 radical (unpaired) electrons. The Morgan fingerprint density at radius 3 is 2.89 bits per heavy atom. The minimum Gasteiger partial charge on any atom is -0.444 e. The number of hydrogen-bond acceptors (Lipinski definition) is 3. The first-order chi connectivity index (χ1) is 7.91. The molecule has 0 unspecified atom stereocenters. The molecule has 1 aliphatic heterocycles. The summed E-state index contributed by atoms with van der Waals surface area (Å²) in [6.45, 7) is 8.56. The molecule has 4 nitrogen and oxygen atoms in total. The lowest BCUT2D eigenvalue weighted by Gasteiger charge is -2.29. The third kappa shape index (κ3) is 3.51. The Labute approximate surface area is 116 Å². The van der Waals surface area contributed by atoms with Gasteiger partial charge in [-0.3, -0.25) is 0 Å². The zero-order chi connectivity index (χ0) is 12.5. The van der Waals surface area contributed by atoms with E-state index in [0.29, 0.717) is 0 Å². The zero-order valence-electron chi connectivity index (χ0n) is 11.5. The summed E-state index contributed by atoms with van der Waals surface area (Å²) < 4.78 is 5.27. The number of nitrogens with one attached hydrogen (secondary N) is 2. The van der Waals surface area contributed by atoms with E-state index in [2.05, 4.69) is 10.6 Å². The van der Waals surface area contributed by atoms with E-state index in [0.717, 1.165) is 25.6 Å². The molecule has 0 aromatic carbocycles. The van der Waals surface area contributed by atoms with Gasteiger partial charge in [0.25, 0.3) is 0 Å². The molecule has 1 amide bonds. The van der Waals surface area contributed by atoms with Crippen molar-refractivity contribution in [1.29, 1.82) is 0 Å². The Hall–Kier alpha value is -0.480. The Balaban J connectivity index is 0.00000162. The Morgan fingerprint density at radius 2 is 2.22 bits per heavy atom. The minimum absolute atomic E-state index is 0. The average molecular weight is 277 g/mol. The van der Waals surface area contributed by atoms with Crippen molar-refractivity contribution in [1.82, 2.24) is 10.6 Å². The maximum atomic E-state index is 11.6. The highest BCUT2D eigenvalue weighted by atomic mass is 35.5. The van der Waals surface area contributed by atoms with Gasteiger partial charge in [-0.15, -0.1) is 12.4 Å². The van der Waals surface area contributed by atoms with E-state index in [1.165, 1.54) is 19.3 Å². The summed E-state index contributed by atoms with van der Waals surface area (Å²) in [6.07, 6.45) is 3.52. The number of ether oxygens (including phenoxy) is 1. The van der Waals surface area contributed by atoms with E-state index in [1.54, 1.807) is 0 Å². The molecule has 1 saturated heterocycles. The van der Waals surface area contributed by atoms with Gasteiger partial charge in [0.15, 0.2) is 0 Å². The van der Waals surface area contributed by atoms with Crippen molar-refractivity contribution in [3.63, 3.8) is 0 Å². The lowest BCUT2D eigenvalue weighted by molar-refractivity contribution is 0.0497. The van der Waals surface area contributed by atoms with Gasteiger partial charge in [-0.05, 0) is 46.1 Å². The van der Waals surface area contributed by atoms with Crippen LogP contribution in [0.1, 0.15) is 40.0 Å². The Kier molecular flexibility index (Phi) is 4.90. The molecule has 0 bridgehead atoms. The molecule has 106 valence electrons. The highest BCUT2D eigenvalue weighted by Gasteiger charge is 2.46. The van der Waals surface area contributed by atoms with Crippen LogP contribution in [0.15, 0.2) is 0 Å². The molecular weight excluding hydrogens is 252 g/mol. The number of hydrogen-bond donors (Lipinski definition) is 2. The summed E-state index contributed by atoms with van der Waals surface area (Å²) >= 11 is 0. The van der Waals surface area contributed by atoms with E-state index < -0.39 is 5.60 Å². The number of alkyl carbamates (subject to hydrolysis) is 1. The van der Waals surface area contributed by atoms with E-state index in [4.69, 9.17) is 4.74 Å². The number of amides is 1. The maximum Gasteiger partial charge on any atom is 0.407 e. The fraction of sp³-hybridized carbons (Fsp3) is 0.923. The lowest BCUT2D eigenvalue weighted by atomic mass is 9.81. The van der Waals surface area contributed by atoms with Crippen molar-refractivity contribution in [3.8, 4) is 0 Å². The smallest absolute Gasteiger partial charge is 0.407 e. The van der Waals surface area contributed by atoms with Crippen LogP contribution in [0, 0.1) is 11.3 Å². The highest BCUT2D eigenvalue weighted by molar-refractivity contribution is 5.85. The second-order valence-corrected chi connectivity index (χ2v) is 6.44. The standard InChI is InChI=1S/C13H24N2O2.ClH/c1-12(2,3)17-11(16)15-9-13-6-4-5-10(13)7-14-8-13;/h10,14H,4-9H2,1-3H3,(H,15,16);1H/t10-,13+;/m1./s1. The third-order valence-corrected chi connectivity index (χ3v) is 3.94. The van der Waals surface area contributed by atoms with Crippen LogP contribution in [0.3, 0.4) is 0 Å². The van der Waals surface area contributed by atoms with Gasteiger partial charge in [0.05, 0.1) is 0 Å². The Morgan fingerprint density at radius 1 is 1.50 bits per heavy atom. The predicted octanol–water partition coefficient (Wildman–Crippen LogP) is 2.32. The van der Waals surface area contributed by atoms with Gasteiger partial charge < -0.3 is 15.4 Å². The summed E-state index contributed by atoms with van der Waals surface area (Å²) in [5.41, 5.74) is -0.123. The van der Waals surface area contributed by atoms with E-state index >= 15 is 0 Å². The summed E-state index contributed by atoms with van der Waals surface area (Å²) in [5, 5.41) is 6.39. The van der Waals surface area contributed by atoms with Gasteiger partial charge >= 0.3 is 6.09 Å². The van der Waals surface area contributed by atoms with Crippen molar-refractivity contribution in [2.45, 2.75) is 45.6 Å². The molecule has 5 heteroatoms. The quantitative estimate of drug-likeness (QED) is 0.814. The first-order valence-electron chi connectivity index (χ1n) is 6.59. The molecule has 2 N–H and O–H groups in total. The van der Waals surface area contributed by atoms with Crippen LogP contribution in [-0.4, -0.2) is 31.3 Å². The van der Waals surface area contributed by atoms with Crippen LogP contribution in [0.5, 0.6) is 0 Å². The van der Waals surface area contributed by atoms with Crippen molar-refractivity contribution >= 4 is 18.5 Å². The van der Waals surface area contributed by atoms with Gasteiger partial charge in [-0.1, -0.05) is 6.42 Å². The Bertz CT molecular complexity index is 292. The fourth-order valence-electron chi connectivity index (χ4n) is 3.12. The van der Waals surface area contributed by atoms with E-state index in [-0.39, 0.29) is 23.9 Å². The number of halogens is 1. The first kappa shape index (κ1) is 15.6. The van der Waals surface area contributed by atoms with Crippen LogP contribution in [0.4, 0.5) is 4.79 Å².